The van der Waals surface area contributed by atoms with Crippen molar-refractivity contribution in [2.45, 2.75) is 54.7 Å². The number of anilines is 1. The Labute approximate surface area is 110 Å². The largest absolute Gasteiger partial charge is 0.357 e. The first-order valence-electron chi connectivity index (χ1n) is 5.94. The SMILES string of the molecule is C[C@H](C#N)Sc1nnc(NC2CCCCC2)s1. The minimum Gasteiger partial charge on any atom is -0.357 e. The van der Waals surface area contributed by atoms with Crippen LogP contribution in [0.15, 0.2) is 4.34 Å². The molecule has 17 heavy (non-hydrogen) atoms. The van der Waals surface area contributed by atoms with Gasteiger partial charge in [0.15, 0.2) is 4.34 Å². The number of thioether (sulfide) groups is 1. The molecule has 2 rings (SSSR count). The van der Waals surface area contributed by atoms with E-state index >= 15 is 0 Å². The number of rotatable bonds is 4. The first-order valence-corrected chi connectivity index (χ1v) is 7.64. The van der Waals surface area contributed by atoms with E-state index in [1.54, 1.807) is 11.3 Å². The minimum atomic E-state index is -0.0644. The van der Waals surface area contributed by atoms with Gasteiger partial charge < -0.3 is 5.32 Å². The van der Waals surface area contributed by atoms with Crippen molar-refractivity contribution >= 4 is 28.2 Å². The fourth-order valence-electron chi connectivity index (χ4n) is 1.91. The molecule has 1 fully saturated rings. The summed E-state index contributed by atoms with van der Waals surface area (Å²) in [6, 6.07) is 2.74. The van der Waals surface area contributed by atoms with Gasteiger partial charge in [-0.1, -0.05) is 42.4 Å². The van der Waals surface area contributed by atoms with Crippen LogP contribution in [0.3, 0.4) is 0 Å². The highest BCUT2D eigenvalue weighted by molar-refractivity contribution is 8.01. The van der Waals surface area contributed by atoms with Gasteiger partial charge in [-0.15, -0.1) is 10.2 Å². The van der Waals surface area contributed by atoms with Gasteiger partial charge in [0.1, 0.15) is 0 Å². The third kappa shape index (κ3) is 3.86. The molecule has 1 saturated carbocycles. The van der Waals surface area contributed by atoms with Crippen LogP contribution in [0.2, 0.25) is 0 Å². The van der Waals surface area contributed by atoms with E-state index in [1.807, 2.05) is 6.92 Å². The summed E-state index contributed by atoms with van der Waals surface area (Å²) in [6.45, 7) is 1.88. The van der Waals surface area contributed by atoms with Crippen LogP contribution in [0.25, 0.3) is 0 Å². The molecular weight excluding hydrogens is 252 g/mol. The predicted octanol–water partition coefficient (Wildman–Crippen LogP) is 3.29. The van der Waals surface area contributed by atoms with Crippen molar-refractivity contribution in [3.8, 4) is 6.07 Å². The lowest BCUT2D eigenvalue weighted by molar-refractivity contribution is 0.462. The molecule has 0 spiro atoms. The van der Waals surface area contributed by atoms with Crippen LogP contribution in [0, 0.1) is 11.3 Å². The van der Waals surface area contributed by atoms with Gasteiger partial charge in [0.25, 0.3) is 0 Å². The van der Waals surface area contributed by atoms with Gasteiger partial charge >= 0.3 is 0 Å². The van der Waals surface area contributed by atoms with Crippen LogP contribution in [0.4, 0.5) is 5.13 Å². The Morgan fingerprint density at radius 1 is 1.41 bits per heavy atom. The molecule has 1 aliphatic carbocycles. The molecule has 1 heterocycles. The van der Waals surface area contributed by atoms with E-state index in [1.165, 1.54) is 43.9 Å². The number of hydrogen-bond acceptors (Lipinski definition) is 6. The fourth-order valence-corrected chi connectivity index (χ4v) is 3.77. The maximum atomic E-state index is 8.73. The normalized spacial score (nSPS) is 18.6. The maximum absolute atomic E-state index is 8.73. The molecule has 4 nitrogen and oxygen atoms in total. The molecule has 0 aromatic carbocycles. The zero-order chi connectivity index (χ0) is 12.1. The fraction of sp³-hybridized carbons (Fsp3) is 0.727. The Morgan fingerprint density at radius 3 is 2.88 bits per heavy atom. The van der Waals surface area contributed by atoms with Crippen molar-refractivity contribution in [1.82, 2.24) is 10.2 Å². The van der Waals surface area contributed by atoms with E-state index in [0.717, 1.165) is 9.47 Å². The van der Waals surface area contributed by atoms with Gasteiger partial charge in [-0.3, -0.25) is 0 Å². The number of hydrogen-bond donors (Lipinski definition) is 1. The standard InChI is InChI=1S/C11H16N4S2/c1-8(7-12)16-11-15-14-10(17-11)13-9-5-3-2-4-6-9/h8-9H,2-6H2,1H3,(H,13,14)/t8-/m1/s1. The average molecular weight is 268 g/mol. The van der Waals surface area contributed by atoms with Crippen molar-refractivity contribution in [2.75, 3.05) is 5.32 Å². The molecule has 6 heteroatoms. The molecule has 0 unspecified atom stereocenters. The molecule has 1 aromatic heterocycles. The Balaban J connectivity index is 1.87. The second kappa shape index (κ2) is 6.22. The second-order valence-electron chi connectivity index (χ2n) is 4.24. The van der Waals surface area contributed by atoms with Gasteiger partial charge in [-0.25, -0.2) is 0 Å². The number of nitrogens with one attached hydrogen (secondary N) is 1. The molecular formula is C11H16N4S2. The summed E-state index contributed by atoms with van der Waals surface area (Å²) in [4.78, 5) is 0. The summed E-state index contributed by atoms with van der Waals surface area (Å²) < 4.78 is 0.873. The zero-order valence-corrected chi connectivity index (χ0v) is 11.5. The van der Waals surface area contributed by atoms with Gasteiger partial charge in [0.2, 0.25) is 5.13 Å². The molecule has 1 atom stereocenters. The minimum absolute atomic E-state index is 0.0644. The Morgan fingerprint density at radius 2 is 2.18 bits per heavy atom. The van der Waals surface area contributed by atoms with Crippen molar-refractivity contribution in [2.24, 2.45) is 0 Å². The third-order valence-corrected chi connectivity index (χ3v) is 4.73. The van der Waals surface area contributed by atoms with Crippen molar-refractivity contribution < 1.29 is 0 Å². The molecule has 0 saturated heterocycles. The Kier molecular flexibility index (Phi) is 4.63. The lowest BCUT2D eigenvalue weighted by atomic mass is 9.96. The second-order valence-corrected chi connectivity index (χ2v) is 6.81. The van der Waals surface area contributed by atoms with E-state index in [0.29, 0.717) is 6.04 Å². The van der Waals surface area contributed by atoms with Gasteiger partial charge in [-0.05, 0) is 19.8 Å². The Bertz CT molecular complexity index is 392. The average Bonchev–Trinajstić information content (AvgIpc) is 2.77. The van der Waals surface area contributed by atoms with E-state index in [2.05, 4.69) is 21.6 Å². The highest BCUT2D eigenvalue weighted by Gasteiger charge is 2.15. The zero-order valence-electron chi connectivity index (χ0n) is 9.85. The topological polar surface area (TPSA) is 61.6 Å². The summed E-state index contributed by atoms with van der Waals surface area (Å²) in [5.74, 6) is 0. The first-order chi connectivity index (χ1) is 8.28. The molecule has 0 amide bonds. The summed E-state index contributed by atoms with van der Waals surface area (Å²) in [7, 11) is 0. The molecule has 1 N–H and O–H groups in total. The van der Waals surface area contributed by atoms with Crippen LogP contribution in [-0.4, -0.2) is 21.5 Å². The predicted molar refractivity (Wildman–Crippen MR) is 71.3 cm³/mol. The lowest BCUT2D eigenvalue weighted by Crippen LogP contribution is -2.21. The molecule has 0 radical (unpaired) electrons. The van der Waals surface area contributed by atoms with Gasteiger partial charge in [-0.2, -0.15) is 5.26 Å². The van der Waals surface area contributed by atoms with Crippen molar-refractivity contribution in [3.05, 3.63) is 0 Å². The molecule has 0 aliphatic heterocycles. The van der Waals surface area contributed by atoms with Crippen LogP contribution >= 0.6 is 23.1 Å². The third-order valence-electron chi connectivity index (χ3n) is 2.80. The van der Waals surface area contributed by atoms with E-state index in [4.69, 9.17) is 5.26 Å². The monoisotopic (exact) mass is 268 g/mol. The number of aromatic nitrogens is 2. The molecule has 0 bridgehead atoms. The molecule has 92 valence electrons. The summed E-state index contributed by atoms with van der Waals surface area (Å²) in [5, 5.41) is 21.2. The Hall–Kier alpha value is -0.800. The lowest BCUT2D eigenvalue weighted by Gasteiger charge is -2.21. The van der Waals surface area contributed by atoms with Crippen LogP contribution in [0.1, 0.15) is 39.0 Å². The van der Waals surface area contributed by atoms with E-state index in [-0.39, 0.29) is 5.25 Å². The summed E-state index contributed by atoms with van der Waals surface area (Å²) in [5.41, 5.74) is 0. The van der Waals surface area contributed by atoms with Crippen LogP contribution < -0.4 is 5.32 Å². The maximum Gasteiger partial charge on any atom is 0.206 e. The quantitative estimate of drug-likeness (QED) is 0.849. The molecule has 1 aliphatic rings. The smallest absolute Gasteiger partial charge is 0.206 e. The van der Waals surface area contributed by atoms with Crippen molar-refractivity contribution in [1.29, 1.82) is 5.26 Å². The van der Waals surface area contributed by atoms with Gasteiger partial charge in [0, 0.05) is 6.04 Å². The van der Waals surface area contributed by atoms with Gasteiger partial charge in [0.05, 0.1) is 11.3 Å². The first kappa shape index (κ1) is 12.7. The van der Waals surface area contributed by atoms with Crippen molar-refractivity contribution in [3.63, 3.8) is 0 Å². The molecule has 1 aromatic rings. The summed E-state index contributed by atoms with van der Waals surface area (Å²) >= 11 is 3.02. The highest BCUT2D eigenvalue weighted by Crippen LogP contribution is 2.30. The highest BCUT2D eigenvalue weighted by atomic mass is 32.2. The van der Waals surface area contributed by atoms with E-state index in [9.17, 15) is 0 Å². The van der Waals surface area contributed by atoms with E-state index < -0.39 is 0 Å². The number of nitrogens with zero attached hydrogens (tertiary/aromatic N) is 3. The van der Waals surface area contributed by atoms with Crippen LogP contribution in [-0.2, 0) is 0 Å². The summed E-state index contributed by atoms with van der Waals surface area (Å²) in [6.07, 6.45) is 6.44. The van der Waals surface area contributed by atoms with Crippen LogP contribution in [0.5, 0.6) is 0 Å². The number of nitriles is 1.